The lowest BCUT2D eigenvalue weighted by Gasteiger charge is -2.23. The van der Waals surface area contributed by atoms with Crippen molar-refractivity contribution in [3.63, 3.8) is 0 Å². The highest BCUT2D eigenvalue weighted by molar-refractivity contribution is 5.18. The summed E-state index contributed by atoms with van der Waals surface area (Å²) in [6, 6.07) is 4.16. The standard InChI is InChI=1S/C13H20N2O/c1-3-12-11(6-7-16-12)13(14)10-5-4-9(2)15-8-10/h4-5,8,11-13H,3,6-7,14H2,1-2H3. The normalized spacial score (nSPS) is 26.9. The maximum absolute atomic E-state index is 6.30. The van der Waals surface area contributed by atoms with E-state index in [2.05, 4.69) is 18.0 Å². The highest BCUT2D eigenvalue weighted by Gasteiger charge is 2.32. The molecule has 1 saturated heterocycles. The molecule has 0 aromatic carbocycles. The Hall–Kier alpha value is -0.930. The number of hydrogen-bond donors (Lipinski definition) is 1. The van der Waals surface area contributed by atoms with Crippen molar-refractivity contribution in [3.8, 4) is 0 Å². The molecule has 3 unspecified atom stereocenters. The van der Waals surface area contributed by atoms with Gasteiger partial charge in [-0.3, -0.25) is 4.98 Å². The summed E-state index contributed by atoms with van der Waals surface area (Å²) < 4.78 is 5.68. The van der Waals surface area contributed by atoms with Crippen molar-refractivity contribution in [1.29, 1.82) is 0 Å². The summed E-state index contributed by atoms with van der Waals surface area (Å²) in [5, 5.41) is 0. The molecular formula is C13H20N2O. The van der Waals surface area contributed by atoms with Gasteiger partial charge < -0.3 is 10.5 Å². The zero-order chi connectivity index (χ0) is 11.5. The number of nitrogens with two attached hydrogens (primary N) is 1. The molecule has 0 saturated carbocycles. The van der Waals surface area contributed by atoms with Gasteiger partial charge in [-0.25, -0.2) is 0 Å². The first-order valence-electron chi connectivity index (χ1n) is 6.02. The first kappa shape index (κ1) is 11.6. The third-order valence-electron chi connectivity index (χ3n) is 3.44. The van der Waals surface area contributed by atoms with Crippen LogP contribution in [0.2, 0.25) is 0 Å². The highest BCUT2D eigenvalue weighted by atomic mass is 16.5. The van der Waals surface area contributed by atoms with Crippen LogP contribution in [0.15, 0.2) is 18.3 Å². The van der Waals surface area contributed by atoms with Crippen molar-refractivity contribution >= 4 is 0 Å². The number of aryl methyl sites for hydroxylation is 1. The quantitative estimate of drug-likeness (QED) is 0.849. The van der Waals surface area contributed by atoms with Gasteiger partial charge in [-0.1, -0.05) is 13.0 Å². The summed E-state index contributed by atoms with van der Waals surface area (Å²) >= 11 is 0. The van der Waals surface area contributed by atoms with Crippen molar-refractivity contribution in [3.05, 3.63) is 29.6 Å². The first-order chi connectivity index (χ1) is 7.72. The minimum atomic E-state index is 0.0561. The SMILES string of the molecule is CCC1OCCC1C(N)c1ccc(C)nc1. The first-order valence-corrected chi connectivity index (χ1v) is 6.02. The second-order valence-corrected chi connectivity index (χ2v) is 4.53. The number of ether oxygens (including phenoxy) is 1. The summed E-state index contributed by atoms with van der Waals surface area (Å²) in [6.45, 7) is 4.99. The van der Waals surface area contributed by atoms with Gasteiger partial charge in [0.25, 0.3) is 0 Å². The van der Waals surface area contributed by atoms with Crippen LogP contribution < -0.4 is 5.73 Å². The molecular weight excluding hydrogens is 200 g/mol. The molecule has 1 aromatic heterocycles. The zero-order valence-electron chi connectivity index (χ0n) is 10.0. The van der Waals surface area contributed by atoms with E-state index in [4.69, 9.17) is 10.5 Å². The number of aromatic nitrogens is 1. The van der Waals surface area contributed by atoms with E-state index in [9.17, 15) is 0 Å². The van der Waals surface area contributed by atoms with Gasteiger partial charge in [0, 0.05) is 30.5 Å². The van der Waals surface area contributed by atoms with Crippen LogP contribution in [0.5, 0.6) is 0 Å². The van der Waals surface area contributed by atoms with Crippen molar-refractivity contribution in [1.82, 2.24) is 4.98 Å². The molecule has 2 heterocycles. The zero-order valence-corrected chi connectivity index (χ0v) is 10.0. The van der Waals surface area contributed by atoms with Gasteiger partial charge >= 0.3 is 0 Å². The summed E-state index contributed by atoms with van der Waals surface area (Å²) in [5.74, 6) is 0.439. The lowest BCUT2D eigenvalue weighted by Crippen LogP contribution is -2.28. The molecule has 16 heavy (non-hydrogen) atoms. The van der Waals surface area contributed by atoms with E-state index >= 15 is 0 Å². The Morgan fingerprint density at radius 1 is 1.56 bits per heavy atom. The topological polar surface area (TPSA) is 48.1 Å². The molecule has 1 aliphatic rings. The number of rotatable bonds is 3. The van der Waals surface area contributed by atoms with Crippen molar-refractivity contribution in [2.45, 2.75) is 38.8 Å². The highest BCUT2D eigenvalue weighted by Crippen LogP contribution is 2.32. The van der Waals surface area contributed by atoms with Crippen LogP contribution in [0.3, 0.4) is 0 Å². The largest absolute Gasteiger partial charge is 0.378 e. The average molecular weight is 220 g/mol. The Bertz CT molecular complexity index is 336. The Morgan fingerprint density at radius 2 is 2.38 bits per heavy atom. The molecule has 0 amide bonds. The molecule has 3 atom stereocenters. The van der Waals surface area contributed by atoms with Crippen LogP contribution in [-0.2, 0) is 4.74 Å². The monoisotopic (exact) mass is 220 g/mol. The van der Waals surface area contributed by atoms with Gasteiger partial charge in [-0.15, -0.1) is 0 Å². The van der Waals surface area contributed by atoms with Crippen LogP contribution >= 0.6 is 0 Å². The van der Waals surface area contributed by atoms with E-state index < -0.39 is 0 Å². The molecule has 0 bridgehead atoms. The summed E-state index contributed by atoms with van der Waals surface area (Å²) in [5.41, 5.74) is 8.45. The fourth-order valence-electron chi connectivity index (χ4n) is 2.42. The van der Waals surface area contributed by atoms with E-state index in [1.807, 2.05) is 19.2 Å². The van der Waals surface area contributed by atoms with Crippen LogP contribution in [-0.4, -0.2) is 17.7 Å². The molecule has 3 heteroatoms. The van der Waals surface area contributed by atoms with Crippen LogP contribution in [0, 0.1) is 12.8 Å². The van der Waals surface area contributed by atoms with Crippen molar-refractivity contribution in [2.24, 2.45) is 11.7 Å². The van der Waals surface area contributed by atoms with Gasteiger partial charge in [-0.2, -0.15) is 0 Å². The van der Waals surface area contributed by atoms with Crippen molar-refractivity contribution in [2.75, 3.05) is 6.61 Å². The smallest absolute Gasteiger partial charge is 0.0619 e. The third-order valence-corrected chi connectivity index (χ3v) is 3.44. The molecule has 2 N–H and O–H groups in total. The third kappa shape index (κ3) is 2.25. The summed E-state index contributed by atoms with van der Waals surface area (Å²) in [7, 11) is 0. The Morgan fingerprint density at radius 3 is 3.00 bits per heavy atom. The fourth-order valence-corrected chi connectivity index (χ4v) is 2.42. The predicted octanol–water partition coefficient (Wildman–Crippen LogP) is 2.20. The van der Waals surface area contributed by atoms with Gasteiger partial charge in [0.15, 0.2) is 0 Å². The maximum Gasteiger partial charge on any atom is 0.0619 e. The van der Waals surface area contributed by atoms with Crippen LogP contribution in [0.1, 0.15) is 37.1 Å². The molecule has 0 aliphatic carbocycles. The Balaban J connectivity index is 2.12. The van der Waals surface area contributed by atoms with Gasteiger partial charge in [0.2, 0.25) is 0 Å². The molecule has 0 radical (unpaired) electrons. The summed E-state index contributed by atoms with van der Waals surface area (Å²) in [4.78, 5) is 4.30. The maximum atomic E-state index is 6.30. The van der Waals surface area contributed by atoms with Gasteiger partial charge in [0.1, 0.15) is 0 Å². The van der Waals surface area contributed by atoms with Crippen molar-refractivity contribution < 1.29 is 4.74 Å². The molecule has 3 nitrogen and oxygen atoms in total. The van der Waals surface area contributed by atoms with Crippen LogP contribution in [0.4, 0.5) is 0 Å². The Labute approximate surface area is 97.0 Å². The van der Waals surface area contributed by atoms with E-state index in [0.29, 0.717) is 12.0 Å². The lowest BCUT2D eigenvalue weighted by molar-refractivity contribution is 0.0813. The van der Waals surface area contributed by atoms with E-state index in [1.54, 1.807) is 0 Å². The van der Waals surface area contributed by atoms with Crippen LogP contribution in [0.25, 0.3) is 0 Å². The van der Waals surface area contributed by atoms with E-state index in [0.717, 1.165) is 30.7 Å². The second-order valence-electron chi connectivity index (χ2n) is 4.53. The molecule has 2 rings (SSSR count). The lowest BCUT2D eigenvalue weighted by atomic mass is 9.88. The van der Waals surface area contributed by atoms with Gasteiger partial charge in [-0.05, 0) is 31.4 Å². The number of hydrogen-bond acceptors (Lipinski definition) is 3. The van der Waals surface area contributed by atoms with E-state index in [-0.39, 0.29) is 6.04 Å². The molecule has 0 spiro atoms. The Kier molecular flexibility index (Phi) is 3.56. The molecule has 88 valence electrons. The number of nitrogens with zero attached hydrogens (tertiary/aromatic N) is 1. The second kappa shape index (κ2) is 4.93. The average Bonchev–Trinajstić information content (AvgIpc) is 2.77. The number of pyridine rings is 1. The molecule has 1 aliphatic heterocycles. The molecule has 1 aromatic rings. The predicted molar refractivity (Wildman–Crippen MR) is 64.0 cm³/mol. The van der Waals surface area contributed by atoms with Gasteiger partial charge in [0.05, 0.1) is 6.10 Å². The fraction of sp³-hybridized carbons (Fsp3) is 0.615. The van der Waals surface area contributed by atoms with E-state index in [1.165, 1.54) is 0 Å². The minimum Gasteiger partial charge on any atom is -0.378 e. The summed E-state index contributed by atoms with van der Waals surface area (Å²) in [6.07, 6.45) is 4.31. The minimum absolute atomic E-state index is 0.0561. The molecule has 1 fully saturated rings.